The Morgan fingerprint density at radius 3 is 2.57 bits per heavy atom. The smallest absolute Gasteiger partial charge is 0.342 e. The third-order valence-corrected chi connectivity index (χ3v) is 9.02. The lowest BCUT2D eigenvalue weighted by atomic mass is 10.1. The molecular formula is C18H26O4Si. The van der Waals surface area contributed by atoms with Crippen molar-refractivity contribution in [3.63, 3.8) is 0 Å². The van der Waals surface area contributed by atoms with Crippen LogP contribution in [0.15, 0.2) is 28.9 Å². The standard InChI is InChI=1S/C18H26O4Si/c1-7-20-17(19)15-12-21-16-10-13(8-9-14(15)16)11-22-23(5,6)18(2,3)4/h8-10,12H,7,11H2,1-6H3. The molecule has 0 atom stereocenters. The van der Waals surface area contributed by atoms with Crippen molar-refractivity contribution in [1.29, 1.82) is 0 Å². The first-order valence-corrected chi connectivity index (χ1v) is 10.9. The molecule has 23 heavy (non-hydrogen) atoms. The van der Waals surface area contributed by atoms with Crippen molar-refractivity contribution in [2.24, 2.45) is 0 Å². The summed E-state index contributed by atoms with van der Waals surface area (Å²) in [7, 11) is -1.78. The van der Waals surface area contributed by atoms with E-state index in [2.05, 4.69) is 33.9 Å². The van der Waals surface area contributed by atoms with Crippen LogP contribution in [0.3, 0.4) is 0 Å². The van der Waals surface area contributed by atoms with Crippen LogP contribution in [0.2, 0.25) is 18.1 Å². The SMILES string of the molecule is CCOC(=O)c1coc2cc(CO[Si](C)(C)C(C)(C)C)ccc12. The minimum absolute atomic E-state index is 0.179. The van der Waals surface area contributed by atoms with Gasteiger partial charge >= 0.3 is 5.97 Å². The first-order chi connectivity index (χ1) is 10.7. The predicted octanol–water partition coefficient (Wildman–Crippen LogP) is 5.13. The van der Waals surface area contributed by atoms with Crippen molar-refractivity contribution in [3.05, 3.63) is 35.6 Å². The van der Waals surface area contributed by atoms with Crippen molar-refractivity contribution in [1.82, 2.24) is 0 Å². The number of furan rings is 1. The summed E-state index contributed by atoms with van der Waals surface area (Å²) in [5, 5.41) is 0.957. The zero-order valence-corrected chi connectivity index (χ0v) is 15.9. The highest BCUT2D eigenvalue weighted by molar-refractivity contribution is 6.74. The summed E-state index contributed by atoms with van der Waals surface area (Å²) in [4.78, 5) is 11.9. The summed E-state index contributed by atoms with van der Waals surface area (Å²) < 4.78 is 16.8. The maximum absolute atomic E-state index is 11.9. The van der Waals surface area contributed by atoms with Gasteiger partial charge in [-0.1, -0.05) is 26.8 Å². The molecule has 0 amide bonds. The van der Waals surface area contributed by atoms with E-state index in [-0.39, 0.29) is 11.0 Å². The highest BCUT2D eigenvalue weighted by Crippen LogP contribution is 2.37. The molecule has 2 rings (SSSR count). The Hall–Kier alpha value is -1.59. The number of hydrogen-bond acceptors (Lipinski definition) is 4. The molecule has 1 aromatic heterocycles. The molecule has 0 aliphatic heterocycles. The van der Waals surface area contributed by atoms with Gasteiger partial charge in [-0.25, -0.2) is 4.79 Å². The molecule has 0 aliphatic rings. The van der Waals surface area contributed by atoms with Crippen LogP contribution in [0.4, 0.5) is 0 Å². The van der Waals surface area contributed by atoms with Crippen LogP contribution in [-0.4, -0.2) is 20.9 Å². The lowest BCUT2D eigenvalue weighted by molar-refractivity contribution is 0.0527. The van der Waals surface area contributed by atoms with E-state index in [0.29, 0.717) is 24.4 Å². The molecule has 5 heteroatoms. The number of carbonyl (C=O) groups excluding carboxylic acids is 1. The Morgan fingerprint density at radius 2 is 1.96 bits per heavy atom. The second-order valence-corrected chi connectivity index (χ2v) is 12.1. The van der Waals surface area contributed by atoms with Crippen molar-refractivity contribution in [2.75, 3.05) is 6.61 Å². The first kappa shape index (κ1) is 17.8. The molecule has 1 aromatic carbocycles. The molecule has 0 bridgehead atoms. The van der Waals surface area contributed by atoms with E-state index in [0.717, 1.165) is 10.9 Å². The summed E-state index contributed by atoms with van der Waals surface area (Å²) in [6.07, 6.45) is 1.46. The van der Waals surface area contributed by atoms with Crippen molar-refractivity contribution in [2.45, 2.75) is 52.4 Å². The van der Waals surface area contributed by atoms with E-state index in [1.54, 1.807) is 6.92 Å². The lowest BCUT2D eigenvalue weighted by Crippen LogP contribution is -2.40. The Morgan fingerprint density at radius 1 is 1.26 bits per heavy atom. The lowest BCUT2D eigenvalue weighted by Gasteiger charge is -2.36. The van der Waals surface area contributed by atoms with E-state index in [9.17, 15) is 4.79 Å². The minimum Gasteiger partial charge on any atom is -0.463 e. The maximum atomic E-state index is 11.9. The Labute approximate surface area is 138 Å². The number of esters is 1. The molecule has 0 aliphatic carbocycles. The zero-order chi connectivity index (χ0) is 17.3. The van der Waals surface area contributed by atoms with Gasteiger partial charge in [0.15, 0.2) is 8.32 Å². The van der Waals surface area contributed by atoms with Gasteiger partial charge in [0.1, 0.15) is 17.4 Å². The summed E-state index contributed by atoms with van der Waals surface area (Å²) >= 11 is 0. The minimum atomic E-state index is -1.78. The number of carbonyl (C=O) groups is 1. The van der Waals surface area contributed by atoms with E-state index < -0.39 is 8.32 Å². The second kappa shape index (κ2) is 6.49. The van der Waals surface area contributed by atoms with Crippen molar-refractivity contribution < 1.29 is 18.4 Å². The van der Waals surface area contributed by atoms with Crippen LogP contribution >= 0.6 is 0 Å². The van der Waals surface area contributed by atoms with E-state index in [1.807, 2.05) is 18.2 Å². The molecule has 2 aromatic rings. The Bertz CT molecular complexity index is 695. The fourth-order valence-corrected chi connectivity index (χ4v) is 2.97. The molecule has 0 saturated carbocycles. The van der Waals surface area contributed by atoms with Gasteiger partial charge in [-0.2, -0.15) is 0 Å². The normalized spacial score (nSPS) is 12.6. The Kier molecular flexibility index (Phi) is 5.01. The number of benzene rings is 1. The quantitative estimate of drug-likeness (QED) is 0.562. The Balaban J connectivity index is 2.17. The summed E-state index contributed by atoms with van der Waals surface area (Å²) in [5.41, 5.74) is 2.20. The average molecular weight is 334 g/mol. The third kappa shape index (κ3) is 3.84. The van der Waals surface area contributed by atoms with Gasteiger partial charge in [0.25, 0.3) is 0 Å². The van der Waals surface area contributed by atoms with Gasteiger partial charge < -0.3 is 13.6 Å². The molecule has 0 spiro atoms. The van der Waals surface area contributed by atoms with Gasteiger partial charge in [-0.15, -0.1) is 0 Å². The van der Waals surface area contributed by atoms with Crippen LogP contribution < -0.4 is 0 Å². The molecule has 0 fully saturated rings. The van der Waals surface area contributed by atoms with Crippen LogP contribution in [0, 0.1) is 0 Å². The number of fused-ring (bicyclic) bond motifs is 1. The fraction of sp³-hybridized carbons (Fsp3) is 0.500. The van der Waals surface area contributed by atoms with Crippen molar-refractivity contribution in [3.8, 4) is 0 Å². The van der Waals surface area contributed by atoms with Gasteiger partial charge in [-0.3, -0.25) is 0 Å². The van der Waals surface area contributed by atoms with Crippen LogP contribution in [0.1, 0.15) is 43.6 Å². The number of hydrogen-bond donors (Lipinski definition) is 0. The topological polar surface area (TPSA) is 48.7 Å². The van der Waals surface area contributed by atoms with Crippen molar-refractivity contribution >= 4 is 25.3 Å². The molecule has 126 valence electrons. The molecule has 0 N–H and O–H groups in total. The summed E-state index contributed by atoms with van der Waals surface area (Å²) in [6.45, 7) is 13.8. The molecule has 4 nitrogen and oxygen atoms in total. The molecule has 0 unspecified atom stereocenters. The maximum Gasteiger partial charge on any atom is 0.342 e. The zero-order valence-electron chi connectivity index (χ0n) is 14.9. The monoisotopic (exact) mass is 334 g/mol. The van der Waals surface area contributed by atoms with E-state index >= 15 is 0 Å². The molecular weight excluding hydrogens is 308 g/mol. The molecule has 1 heterocycles. The third-order valence-electron chi connectivity index (χ3n) is 4.54. The first-order valence-electron chi connectivity index (χ1n) is 7.97. The summed E-state index contributed by atoms with van der Waals surface area (Å²) in [6, 6.07) is 5.81. The van der Waals surface area contributed by atoms with Crippen LogP contribution in [-0.2, 0) is 15.8 Å². The molecule has 0 radical (unpaired) electrons. The van der Waals surface area contributed by atoms with Gasteiger partial charge in [0.2, 0.25) is 0 Å². The van der Waals surface area contributed by atoms with Crippen LogP contribution in [0.25, 0.3) is 11.0 Å². The van der Waals surface area contributed by atoms with Crippen LogP contribution in [0.5, 0.6) is 0 Å². The number of rotatable bonds is 5. The average Bonchev–Trinajstić information content (AvgIpc) is 2.87. The predicted molar refractivity (Wildman–Crippen MR) is 94.2 cm³/mol. The van der Waals surface area contributed by atoms with E-state index in [4.69, 9.17) is 13.6 Å². The van der Waals surface area contributed by atoms with Gasteiger partial charge in [0, 0.05) is 5.39 Å². The highest BCUT2D eigenvalue weighted by Gasteiger charge is 2.37. The second-order valence-electron chi connectivity index (χ2n) is 7.25. The van der Waals surface area contributed by atoms with E-state index in [1.165, 1.54) is 6.26 Å². The van der Waals surface area contributed by atoms with Gasteiger partial charge in [-0.05, 0) is 42.8 Å². The largest absolute Gasteiger partial charge is 0.463 e. The number of ether oxygens (including phenoxy) is 1. The molecule has 0 saturated heterocycles. The highest BCUT2D eigenvalue weighted by atomic mass is 28.4. The summed E-state index contributed by atoms with van der Waals surface area (Å²) in [5.74, 6) is -0.350. The fourth-order valence-electron chi connectivity index (χ4n) is 2.01. The van der Waals surface area contributed by atoms with Gasteiger partial charge in [0.05, 0.1) is 13.2 Å².